The van der Waals surface area contributed by atoms with Crippen LogP contribution in [0, 0.1) is 0 Å². The lowest BCUT2D eigenvalue weighted by Gasteiger charge is -2.24. The van der Waals surface area contributed by atoms with Crippen molar-refractivity contribution < 1.29 is 24.5 Å². The summed E-state index contributed by atoms with van der Waals surface area (Å²) >= 11 is 0. The van der Waals surface area contributed by atoms with Gasteiger partial charge in [-0.3, -0.25) is 9.59 Å². The Bertz CT molecular complexity index is 904. The van der Waals surface area contributed by atoms with Crippen LogP contribution in [0.2, 0.25) is 0 Å². The predicted molar refractivity (Wildman–Crippen MR) is 246 cm³/mol. The largest absolute Gasteiger partial charge is 0.462 e. The third-order valence-corrected chi connectivity index (χ3v) is 11.5. The quantitative estimate of drug-likeness (QED) is 0.0324. The zero-order valence-corrected chi connectivity index (χ0v) is 38.2. The number of esters is 1. The minimum atomic E-state index is -0.783. The fraction of sp³-hybridized carbons (Fsp3) is 0.882. The molecule has 0 fully saturated rings. The van der Waals surface area contributed by atoms with Crippen molar-refractivity contribution in [3.05, 3.63) is 24.3 Å². The van der Waals surface area contributed by atoms with Crippen LogP contribution < -0.4 is 5.32 Å². The third-order valence-electron chi connectivity index (χ3n) is 11.5. The molecular weight excluding hydrogens is 707 g/mol. The van der Waals surface area contributed by atoms with Crippen LogP contribution in [0.15, 0.2) is 24.3 Å². The van der Waals surface area contributed by atoms with Crippen LogP contribution in [0.25, 0.3) is 0 Å². The second kappa shape index (κ2) is 45.4. The van der Waals surface area contributed by atoms with Gasteiger partial charge in [0.05, 0.1) is 25.2 Å². The topological polar surface area (TPSA) is 95.9 Å². The lowest BCUT2D eigenvalue weighted by atomic mass is 10.0. The monoisotopic (exact) mass is 804 g/mol. The molecule has 0 saturated heterocycles. The van der Waals surface area contributed by atoms with Gasteiger partial charge in [-0.05, 0) is 51.4 Å². The number of allylic oxidation sites excluding steroid dienone is 4. The number of carbonyl (C=O) groups is 2. The van der Waals surface area contributed by atoms with Gasteiger partial charge >= 0.3 is 5.97 Å². The van der Waals surface area contributed by atoms with Gasteiger partial charge in [-0.25, -0.2) is 0 Å². The van der Waals surface area contributed by atoms with Crippen molar-refractivity contribution in [2.75, 3.05) is 6.61 Å². The zero-order valence-electron chi connectivity index (χ0n) is 38.2. The van der Waals surface area contributed by atoms with E-state index >= 15 is 0 Å². The zero-order chi connectivity index (χ0) is 41.7. The normalized spacial score (nSPS) is 13.4. The standard InChI is InChI=1S/C51H97NO5/c1-4-7-10-13-16-19-21-23-25-26-28-31-34-37-40-43-49(54)48(46-53)52-50(55)45-47(42-39-36-33-30-18-15-12-9-6-3)57-51(56)44-41-38-35-32-29-27-24-22-20-17-14-11-8-5-2/h8,11,17,20,47-49,53-54H,4-7,9-10,12-16,18-19,21-46H2,1-3H3,(H,52,55)/b11-8+,20-17+. The van der Waals surface area contributed by atoms with Crippen LogP contribution in [0.1, 0.15) is 265 Å². The molecule has 3 N–H and O–H groups in total. The maximum atomic E-state index is 13.1. The SMILES string of the molecule is CC/C=C/C/C=C/CCCCCCCCCC(=O)OC(CCCCCCCCCCC)CC(=O)NC(CO)C(O)CCCCCCCCCCCCCCCCC. The first-order valence-electron chi connectivity index (χ1n) is 25.1. The van der Waals surface area contributed by atoms with Gasteiger partial charge < -0.3 is 20.3 Å². The molecule has 0 aliphatic heterocycles. The maximum Gasteiger partial charge on any atom is 0.306 e. The molecule has 0 rings (SSSR count). The van der Waals surface area contributed by atoms with E-state index in [9.17, 15) is 19.8 Å². The molecule has 0 saturated carbocycles. The van der Waals surface area contributed by atoms with E-state index in [1.807, 2.05) is 0 Å². The number of amides is 1. The van der Waals surface area contributed by atoms with E-state index < -0.39 is 18.2 Å². The molecule has 336 valence electrons. The van der Waals surface area contributed by atoms with E-state index in [2.05, 4.69) is 50.4 Å². The lowest BCUT2D eigenvalue weighted by molar-refractivity contribution is -0.151. The summed E-state index contributed by atoms with van der Waals surface area (Å²) in [6.07, 6.45) is 51.0. The van der Waals surface area contributed by atoms with Crippen LogP contribution in [0.4, 0.5) is 0 Å². The molecule has 0 aliphatic rings. The molecule has 0 heterocycles. The minimum Gasteiger partial charge on any atom is -0.462 e. The van der Waals surface area contributed by atoms with Crippen LogP contribution in [0.3, 0.4) is 0 Å². The van der Waals surface area contributed by atoms with Crippen molar-refractivity contribution in [2.24, 2.45) is 0 Å². The molecule has 3 atom stereocenters. The van der Waals surface area contributed by atoms with Crippen molar-refractivity contribution in [3.8, 4) is 0 Å². The molecule has 6 nitrogen and oxygen atoms in total. The van der Waals surface area contributed by atoms with Gasteiger partial charge in [0.25, 0.3) is 0 Å². The first kappa shape index (κ1) is 55.3. The molecular formula is C51H97NO5. The molecule has 57 heavy (non-hydrogen) atoms. The van der Waals surface area contributed by atoms with Gasteiger partial charge in [0.15, 0.2) is 0 Å². The van der Waals surface area contributed by atoms with E-state index in [0.29, 0.717) is 19.3 Å². The van der Waals surface area contributed by atoms with Crippen LogP contribution in [-0.4, -0.2) is 46.9 Å². The highest BCUT2D eigenvalue weighted by Crippen LogP contribution is 2.18. The number of hydrogen-bond acceptors (Lipinski definition) is 5. The predicted octanol–water partition coefficient (Wildman–Crippen LogP) is 14.7. The average Bonchev–Trinajstić information content (AvgIpc) is 3.20. The summed E-state index contributed by atoms with van der Waals surface area (Å²) in [7, 11) is 0. The van der Waals surface area contributed by atoms with Gasteiger partial charge in [-0.1, -0.05) is 225 Å². The Balaban J connectivity index is 4.44. The van der Waals surface area contributed by atoms with Crippen LogP contribution in [0.5, 0.6) is 0 Å². The first-order chi connectivity index (χ1) is 28.0. The van der Waals surface area contributed by atoms with E-state index in [4.69, 9.17) is 4.74 Å². The summed E-state index contributed by atoms with van der Waals surface area (Å²) < 4.78 is 5.91. The van der Waals surface area contributed by atoms with Gasteiger partial charge in [-0.15, -0.1) is 0 Å². The molecule has 3 unspecified atom stereocenters. The molecule has 6 heteroatoms. The number of ether oxygens (including phenoxy) is 1. The third kappa shape index (κ3) is 40.9. The lowest BCUT2D eigenvalue weighted by Crippen LogP contribution is -2.46. The number of aliphatic hydroxyl groups is 2. The second-order valence-corrected chi connectivity index (χ2v) is 17.2. The van der Waals surface area contributed by atoms with Crippen molar-refractivity contribution >= 4 is 11.9 Å². The molecule has 0 aliphatic carbocycles. The number of hydrogen-bond donors (Lipinski definition) is 3. The highest BCUT2D eigenvalue weighted by Gasteiger charge is 2.24. The summed E-state index contributed by atoms with van der Waals surface area (Å²) in [5.41, 5.74) is 0. The van der Waals surface area contributed by atoms with Crippen LogP contribution >= 0.6 is 0 Å². The highest BCUT2D eigenvalue weighted by molar-refractivity contribution is 5.77. The summed E-state index contributed by atoms with van der Waals surface area (Å²) in [6.45, 7) is 6.38. The Hall–Kier alpha value is -1.66. The number of aliphatic hydroxyl groups excluding tert-OH is 2. The fourth-order valence-corrected chi connectivity index (χ4v) is 7.76. The number of rotatable bonds is 45. The molecule has 0 radical (unpaired) electrons. The Kier molecular flexibility index (Phi) is 44.1. The van der Waals surface area contributed by atoms with Gasteiger partial charge in [0, 0.05) is 6.42 Å². The summed E-state index contributed by atoms with van der Waals surface area (Å²) in [6, 6.07) is -0.697. The molecule has 0 aromatic heterocycles. The van der Waals surface area contributed by atoms with Gasteiger partial charge in [-0.2, -0.15) is 0 Å². The number of unbranched alkanes of at least 4 members (excludes halogenated alkanes) is 29. The Morgan fingerprint density at radius 3 is 1.42 bits per heavy atom. The summed E-state index contributed by atoms with van der Waals surface area (Å²) in [4.78, 5) is 26.0. The van der Waals surface area contributed by atoms with E-state index in [-0.39, 0.29) is 24.9 Å². The molecule has 1 amide bonds. The van der Waals surface area contributed by atoms with E-state index in [0.717, 1.165) is 64.2 Å². The maximum absolute atomic E-state index is 13.1. The number of carbonyl (C=O) groups excluding carboxylic acids is 2. The Labute approximate surface area is 354 Å². The first-order valence-corrected chi connectivity index (χ1v) is 25.1. The molecule has 0 aromatic rings. The fourth-order valence-electron chi connectivity index (χ4n) is 7.76. The van der Waals surface area contributed by atoms with Crippen molar-refractivity contribution in [3.63, 3.8) is 0 Å². The van der Waals surface area contributed by atoms with E-state index in [1.54, 1.807) is 0 Å². The van der Waals surface area contributed by atoms with Gasteiger partial charge in [0.1, 0.15) is 6.10 Å². The Morgan fingerprint density at radius 1 is 0.526 bits per heavy atom. The highest BCUT2D eigenvalue weighted by atomic mass is 16.5. The van der Waals surface area contributed by atoms with Crippen molar-refractivity contribution in [1.29, 1.82) is 0 Å². The van der Waals surface area contributed by atoms with E-state index in [1.165, 1.54) is 154 Å². The van der Waals surface area contributed by atoms with Crippen molar-refractivity contribution in [2.45, 2.75) is 283 Å². The molecule has 0 bridgehead atoms. The second-order valence-electron chi connectivity index (χ2n) is 17.2. The molecule has 0 aromatic carbocycles. The number of nitrogens with one attached hydrogen (secondary N) is 1. The molecule has 0 spiro atoms. The minimum absolute atomic E-state index is 0.0789. The van der Waals surface area contributed by atoms with Crippen molar-refractivity contribution in [1.82, 2.24) is 5.32 Å². The Morgan fingerprint density at radius 2 is 0.947 bits per heavy atom. The average molecular weight is 804 g/mol. The van der Waals surface area contributed by atoms with Gasteiger partial charge in [0.2, 0.25) is 5.91 Å². The summed E-state index contributed by atoms with van der Waals surface area (Å²) in [5.74, 6) is -0.474. The summed E-state index contributed by atoms with van der Waals surface area (Å²) in [5, 5.41) is 23.7. The van der Waals surface area contributed by atoms with Crippen LogP contribution in [-0.2, 0) is 14.3 Å². The smallest absolute Gasteiger partial charge is 0.306 e.